The minimum absolute atomic E-state index is 0.0970. The first-order valence-electron chi connectivity index (χ1n) is 13.0. The molecular weight excluding hydrogens is 488 g/mol. The van der Waals surface area contributed by atoms with Gasteiger partial charge in [-0.3, -0.25) is 4.98 Å². The van der Waals surface area contributed by atoms with Crippen LogP contribution in [0.5, 0.6) is 5.88 Å². The predicted octanol–water partition coefficient (Wildman–Crippen LogP) is 2.81. The maximum absolute atomic E-state index is 11.1. The molecule has 0 bridgehead atoms. The smallest absolute Gasteiger partial charge is 0.434 e. The number of anilines is 1. The molecule has 4 aromatic heterocycles. The van der Waals surface area contributed by atoms with Gasteiger partial charge in [0.2, 0.25) is 12.2 Å². The number of rotatable bonds is 7. The van der Waals surface area contributed by atoms with Crippen molar-refractivity contribution in [2.24, 2.45) is 7.05 Å². The van der Waals surface area contributed by atoms with Crippen molar-refractivity contribution in [2.75, 3.05) is 31.2 Å². The molecule has 0 radical (unpaired) electrons. The van der Waals surface area contributed by atoms with Gasteiger partial charge in [-0.2, -0.15) is 4.98 Å². The molecule has 12 heteroatoms. The standard InChI is InChI=1S/C26H31N8O4/c1-30-20(16-28-26(30)34(35)36)17-31-9-10-33(18-31)19-4-6-21(7-5-19)38-25-22-3-2-8-27-23(22)15-24(29-25)32-11-13-37-14-12-32/h2-3,8-10,15-16,18-19,21H,4-7,11-14,17H2,1H3/q+1. The molecule has 198 valence electrons. The third kappa shape index (κ3) is 4.91. The number of ether oxygens (including phenoxy) is 2. The molecule has 0 amide bonds. The largest absolute Gasteiger partial charge is 0.474 e. The van der Waals surface area contributed by atoms with Crippen LogP contribution in [0, 0.1) is 10.1 Å². The topological polar surface area (TPSA) is 117 Å². The van der Waals surface area contributed by atoms with Gasteiger partial charge >= 0.3 is 5.95 Å². The van der Waals surface area contributed by atoms with Gasteiger partial charge in [0, 0.05) is 25.4 Å². The Morgan fingerprint density at radius 1 is 1.21 bits per heavy atom. The number of hydrogen-bond donors (Lipinski definition) is 0. The molecule has 2 aliphatic rings. The van der Waals surface area contributed by atoms with Crippen LogP contribution in [0.15, 0.2) is 49.3 Å². The van der Waals surface area contributed by atoms with Gasteiger partial charge in [0.05, 0.1) is 31.2 Å². The van der Waals surface area contributed by atoms with Gasteiger partial charge in [-0.05, 0) is 42.7 Å². The van der Waals surface area contributed by atoms with Crippen molar-refractivity contribution in [3.8, 4) is 5.88 Å². The van der Waals surface area contributed by atoms with Crippen LogP contribution in [0.25, 0.3) is 10.9 Å². The SMILES string of the molecule is Cn1c(C[n+]2ccn(C3CCC(Oc4nc(N5CCOCC5)cc5ncccc45)CC3)c2)cnc1[N+](=O)[O-]. The zero-order valence-electron chi connectivity index (χ0n) is 21.3. The molecule has 1 saturated carbocycles. The molecule has 1 aliphatic carbocycles. The van der Waals surface area contributed by atoms with Gasteiger partial charge in [0.25, 0.3) is 0 Å². The Morgan fingerprint density at radius 3 is 2.79 bits per heavy atom. The van der Waals surface area contributed by atoms with E-state index < -0.39 is 4.92 Å². The van der Waals surface area contributed by atoms with Gasteiger partial charge in [0.15, 0.2) is 5.69 Å². The second-order valence-corrected chi connectivity index (χ2v) is 9.90. The van der Waals surface area contributed by atoms with E-state index in [0.717, 1.165) is 61.2 Å². The quantitative estimate of drug-likeness (QED) is 0.208. The normalized spacial score (nSPS) is 20.1. The summed E-state index contributed by atoms with van der Waals surface area (Å²) in [6, 6.07) is 6.36. The lowest BCUT2D eigenvalue weighted by molar-refractivity contribution is -0.688. The number of pyridine rings is 2. The maximum atomic E-state index is 11.1. The van der Waals surface area contributed by atoms with Crippen molar-refractivity contribution in [2.45, 2.75) is 44.4 Å². The highest BCUT2D eigenvalue weighted by atomic mass is 16.6. The van der Waals surface area contributed by atoms with Crippen molar-refractivity contribution in [1.82, 2.24) is 24.1 Å². The minimum atomic E-state index is -0.465. The minimum Gasteiger partial charge on any atom is -0.474 e. The zero-order valence-corrected chi connectivity index (χ0v) is 21.3. The molecule has 4 aromatic rings. The Labute approximate surface area is 219 Å². The van der Waals surface area contributed by atoms with Crippen LogP contribution < -0.4 is 14.2 Å². The zero-order chi connectivity index (χ0) is 26.1. The summed E-state index contributed by atoms with van der Waals surface area (Å²) in [5, 5.41) is 12.0. The third-order valence-electron chi connectivity index (χ3n) is 7.51. The number of nitro groups is 1. The fraction of sp³-hybridized carbons (Fsp3) is 0.462. The highest BCUT2D eigenvalue weighted by molar-refractivity contribution is 5.85. The Bertz CT molecular complexity index is 1440. The number of hydrogen-bond acceptors (Lipinski definition) is 8. The van der Waals surface area contributed by atoms with E-state index in [0.29, 0.717) is 31.7 Å². The molecular formula is C26H31N8O4+. The lowest BCUT2D eigenvalue weighted by Crippen LogP contribution is -2.36. The van der Waals surface area contributed by atoms with Gasteiger partial charge in [-0.1, -0.05) is 4.98 Å². The molecule has 0 aromatic carbocycles. The van der Waals surface area contributed by atoms with Gasteiger partial charge in [0.1, 0.15) is 43.1 Å². The first-order chi connectivity index (χ1) is 18.5. The summed E-state index contributed by atoms with van der Waals surface area (Å²) in [5.41, 5.74) is 1.67. The average molecular weight is 520 g/mol. The first kappa shape index (κ1) is 24.3. The highest BCUT2D eigenvalue weighted by Crippen LogP contribution is 2.33. The average Bonchev–Trinajstić information content (AvgIpc) is 3.56. The molecule has 38 heavy (non-hydrogen) atoms. The maximum Gasteiger partial charge on any atom is 0.434 e. The summed E-state index contributed by atoms with van der Waals surface area (Å²) in [6.45, 7) is 3.54. The van der Waals surface area contributed by atoms with E-state index in [1.165, 1.54) is 4.57 Å². The van der Waals surface area contributed by atoms with Crippen LogP contribution in [0.1, 0.15) is 37.4 Å². The van der Waals surface area contributed by atoms with Crippen LogP contribution in [0.3, 0.4) is 0 Å². The Morgan fingerprint density at radius 2 is 2.03 bits per heavy atom. The summed E-state index contributed by atoms with van der Waals surface area (Å²) in [6.07, 6.45) is 13.5. The van der Waals surface area contributed by atoms with Crippen LogP contribution >= 0.6 is 0 Å². The van der Waals surface area contributed by atoms with Crippen LogP contribution in [0.2, 0.25) is 0 Å². The van der Waals surface area contributed by atoms with Crippen LogP contribution in [0.4, 0.5) is 11.8 Å². The van der Waals surface area contributed by atoms with Gasteiger partial charge in [-0.15, -0.1) is 0 Å². The van der Waals surface area contributed by atoms with E-state index in [9.17, 15) is 10.1 Å². The second kappa shape index (κ2) is 10.4. The molecule has 0 N–H and O–H groups in total. The monoisotopic (exact) mass is 519 g/mol. The Balaban J connectivity index is 1.11. The number of aromatic nitrogens is 6. The summed E-state index contributed by atoms with van der Waals surface area (Å²) in [7, 11) is 1.67. The van der Waals surface area contributed by atoms with E-state index in [-0.39, 0.29) is 12.1 Å². The van der Waals surface area contributed by atoms with E-state index >= 15 is 0 Å². The molecule has 0 atom stereocenters. The fourth-order valence-corrected chi connectivity index (χ4v) is 5.35. The van der Waals surface area contributed by atoms with Crippen molar-refractivity contribution >= 4 is 22.7 Å². The summed E-state index contributed by atoms with van der Waals surface area (Å²) in [4.78, 5) is 26.2. The molecule has 12 nitrogen and oxygen atoms in total. The van der Waals surface area contributed by atoms with Crippen LogP contribution in [-0.2, 0) is 18.3 Å². The molecule has 0 unspecified atom stereocenters. The van der Waals surface area contributed by atoms with E-state index in [4.69, 9.17) is 14.5 Å². The van der Waals surface area contributed by atoms with Crippen LogP contribution in [-0.4, -0.2) is 61.4 Å². The highest BCUT2D eigenvalue weighted by Gasteiger charge is 2.28. The van der Waals surface area contributed by atoms with Crippen molar-refractivity contribution in [3.63, 3.8) is 0 Å². The molecule has 0 spiro atoms. The van der Waals surface area contributed by atoms with Gasteiger partial charge in [-0.25, -0.2) is 13.7 Å². The number of morpholine rings is 1. The molecule has 1 saturated heterocycles. The van der Waals surface area contributed by atoms with E-state index in [1.54, 1.807) is 19.4 Å². The number of fused-ring (bicyclic) bond motifs is 1. The summed E-state index contributed by atoms with van der Waals surface area (Å²) >= 11 is 0. The Kier molecular flexibility index (Phi) is 6.62. The molecule has 2 fully saturated rings. The molecule has 1 aliphatic heterocycles. The lowest BCUT2D eigenvalue weighted by atomic mass is 9.93. The molecule has 5 heterocycles. The first-order valence-corrected chi connectivity index (χ1v) is 13.0. The van der Waals surface area contributed by atoms with Crippen molar-refractivity contribution < 1.29 is 19.0 Å². The van der Waals surface area contributed by atoms with Gasteiger partial charge < -0.3 is 24.5 Å². The summed E-state index contributed by atoms with van der Waals surface area (Å²) in [5.74, 6) is 1.40. The lowest BCUT2D eigenvalue weighted by Gasteiger charge is -2.30. The van der Waals surface area contributed by atoms with Crippen molar-refractivity contribution in [1.29, 1.82) is 0 Å². The van der Waals surface area contributed by atoms with Crippen molar-refractivity contribution in [3.05, 3.63) is 65.1 Å². The van der Waals surface area contributed by atoms with E-state index in [2.05, 4.69) is 32.0 Å². The molecule has 6 rings (SSSR count). The van der Waals surface area contributed by atoms with E-state index in [1.807, 2.05) is 29.0 Å². The predicted molar refractivity (Wildman–Crippen MR) is 138 cm³/mol. The third-order valence-corrected chi connectivity index (χ3v) is 7.51. The number of imidazole rings is 2. The summed E-state index contributed by atoms with van der Waals surface area (Å²) < 4.78 is 17.8. The Hall–Kier alpha value is -4.06. The second-order valence-electron chi connectivity index (χ2n) is 9.90. The number of nitrogens with zero attached hydrogens (tertiary/aromatic N) is 8. The fourth-order valence-electron chi connectivity index (χ4n) is 5.35.